The van der Waals surface area contributed by atoms with E-state index in [2.05, 4.69) is 27.1 Å². The zero-order chi connectivity index (χ0) is 19.2. The number of anilines is 1. The molecular formula is C19H18ClN5OS. The maximum Gasteiger partial charge on any atom is 0.236 e. The number of benzene rings is 1. The summed E-state index contributed by atoms with van der Waals surface area (Å²) in [6.07, 6.45) is 3.27. The Balaban J connectivity index is 1.70. The number of rotatable bonds is 7. The standard InChI is InChI=1S/C19H18ClN5OS/c1-3-10-25-18(14-6-4-13(2)5-7-14)23-24-19(25)27-12-17(26)22-16-9-8-15(20)11-21-16/h3-9,11H,1,10,12H2,2H3,(H,21,22,26). The van der Waals surface area contributed by atoms with Gasteiger partial charge in [0.2, 0.25) is 5.91 Å². The summed E-state index contributed by atoms with van der Waals surface area (Å²) in [5.74, 6) is 1.21. The van der Waals surface area contributed by atoms with Crippen LogP contribution in [0.2, 0.25) is 5.02 Å². The fourth-order valence-corrected chi connectivity index (χ4v) is 3.22. The third-order valence-electron chi connectivity index (χ3n) is 3.67. The molecule has 0 saturated carbocycles. The number of amides is 1. The molecule has 1 N–H and O–H groups in total. The van der Waals surface area contributed by atoms with E-state index in [0.717, 1.165) is 11.4 Å². The van der Waals surface area contributed by atoms with Crippen LogP contribution in [0.5, 0.6) is 0 Å². The van der Waals surface area contributed by atoms with Crippen LogP contribution in [0, 0.1) is 6.92 Å². The molecular weight excluding hydrogens is 382 g/mol. The molecule has 1 amide bonds. The van der Waals surface area contributed by atoms with Crippen LogP contribution in [-0.4, -0.2) is 31.4 Å². The van der Waals surface area contributed by atoms with Crippen molar-refractivity contribution in [2.24, 2.45) is 0 Å². The third-order valence-corrected chi connectivity index (χ3v) is 4.86. The Hall–Kier alpha value is -2.64. The molecule has 3 rings (SSSR count). The van der Waals surface area contributed by atoms with E-state index >= 15 is 0 Å². The first-order chi connectivity index (χ1) is 13.1. The van der Waals surface area contributed by atoms with Crippen LogP contribution in [0.4, 0.5) is 5.82 Å². The van der Waals surface area contributed by atoms with Crippen molar-refractivity contribution in [3.8, 4) is 11.4 Å². The first-order valence-corrected chi connectivity index (χ1v) is 9.58. The van der Waals surface area contributed by atoms with Crippen LogP contribution in [0.1, 0.15) is 5.56 Å². The SMILES string of the molecule is C=CCn1c(SCC(=O)Nc2ccc(Cl)cn2)nnc1-c1ccc(C)cc1. The van der Waals surface area contributed by atoms with Gasteiger partial charge in [-0.15, -0.1) is 16.8 Å². The molecule has 2 heterocycles. The molecule has 0 radical (unpaired) electrons. The van der Waals surface area contributed by atoms with Gasteiger partial charge in [0.05, 0.1) is 10.8 Å². The molecule has 0 aliphatic heterocycles. The summed E-state index contributed by atoms with van der Waals surface area (Å²) in [5, 5.41) is 12.4. The minimum absolute atomic E-state index is 0.181. The van der Waals surface area contributed by atoms with Gasteiger partial charge in [0.1, 0.15) is 5.82 Å². The van der Waals surface area contributed by atoms with Crippen LogP contribution in [0.15, 0.2) is 60.4 Å². The van der Waals surface area contributed by atoms with Gasteiger partial charge in [0.25, 0.3) is 0 Å². The lowest BCUT2D eigenvalue weighted by Crippen LogP contribution is -2.15. The molecule has 0 bridgehead atoms. The second-order valence-corrected chi connectivity index (χ2v) is 7.15. The highest BCUT2D eigenvalue weighted by Gasteiger charge is 2.15. The van der Waals surface area contributed by atoms with E-state index in [1.807, 2.05) is 35.8 Å². The Labute approximate surface area is 166 Å². The van der Waals surface area contributed by atoms with Crippen molar-refractivity contribution < 1.29 is 4.79 Å². The van der Waals surface area contributed by atoms with E-state index in [9.17, 15) is 4.79 Å². The second-order valence-electron chi connectivity index (χ2n) is 5.77. The van der Waals surface area contributed by atoms with Gasteiger partial charge < -0.3 is 5.32 Å². The van der Waals surface area contributed by atoms with Gasteiger partial charge in [-0.25, -0.2) is 4.98 Å². The lowest BCUT2D eigenvalue weighted by atomic mass is 10.1. The molecule has 0 aliphatic carbocycles. The van der Waals surface area contributed by atoms with E-state index in [-0.39, 0.29) is 11.7 Å². The van der Waals surface area contributed by atoms with Gasteiger partial charge in [0.15, 0.2) is 11.0 Å². The monoisotopic (exact) mass is 399 g/mol. The predicted octanol–water partition coefficient (Wildman–Crippen LogP) is 4.22. The number of pyridine rings is 1. The van der Waals surface area contributed by atoms with E-state index < -0.39 is 0 Å². The van der Waals surface area contributed by atoms with E-state index in [0.29, 0.717) is 22.5 Å². The summed E-state index contributed by atoms with van der Waals surface area (Å²) in [6.45, 7) is 6.39. The summed E-state index contributed by atoms with van der Waals surface area (Å²) in [7, 11) is 0. The highest BCUT2D eigenvalue weighted by Crippen LogP contribution is 2.24. The summed E-state index contributed by atoms with van der Waals surface area (Å²) in [6, 6.07) is 11.4. The van der Waals surface area contributed by atoms with Crippen LogP contribution in [0.3, 0.4) is 0 Å². The van der Waals surface area contributed by atoms with Crippen molar-refractivity contribution in [2.75, 3.05) is 11.1 Å². The average Bonchev–Trinajstić information content (AvgIpc) is 3.06. The number of aryl methyl sites for hydroxylation is 1. The van der Waals surface area contributed by atoms with Crippen LogP contribution in [-0.2, 0) is 11.3 Å². The van der Waals surface area contributed by atoms with Crippen LogP contribution in [0.25, 0.3) is 11.4 Å². The number of carbonyl (C=O) groups excluding carboxylic acids is 1. The number of aromatic nitrogens is 4. The number of allylic oxidation sites excluding steroid dienone is 1. The predicted molar refractivity (Wildman–Crippen MR) is 109 cm³/mol. The molecule has 138 valence electrons. The fraction of sp³-hybridized carbons (Fsp3) is 0.158. The van der Waals surface area contributed by atoms with E-state index in [4.69, 9.17) is 11.6 Å². The molecule has 0 spiro atoms. The van der Waals surface area contributed by atoms with Gasteiger partial charge >= 0.3 is 0 Å². The molecule has 0 aliphatic rings. The molecule has 0 fully saturated rings. The van der Waals surface area contributed by atoms with Crippen molar-refractivity contribution in [3.05, 3.63) is 65.8 Å². The minimum Gasteiger partial charge on any atom is -0.310 e. The Morgan fingerprint density at radius 3 is 2.70 bits per heavy atom. The molecule has 27 heavy (non-hydrogen) atoms. The molecule has 0 atom stereocenters. The zero-order valence-corrected chi connectivity index (χ0v) is 16.3. The minimum atomic E-state index is -0.181. The summed E-state index contributed by atoms with van der Waals surface area (Å²) < 4.78 is 1.94. The molecule has 2 aromatic heterocycles. The normalized spacial score (nSPS) is 10.6. The largest absolute Gasteiger partial charge is 0.310 e. The number of thioether (sulfide) groups is 1. The Morgan fingerprint density at radius 1 is 1.26 bits per heavy atom. The molecule has 6 nitrogen and oxygen atoms in total. The van der Waals surface area contributed by atoms with Crippen molar-refractivity contribution in [1.29, 1.82) is 0 Å². The number of nitrogens with zero attached hydrogens (tertiary/aromatic N) is 4. The van der Waals surface area contributed by atoms with Gasteiger partial charge in [-0.3, -0.25) is 9.36 Å². The van der Waals surface area contributed by atoms with Crippen LogP contribution < -0.4 is 5.32 Å². The quantitative estimate of drug-likeness (QED) is 0.475. The van der Waals surface area contributed by atoms with Crippen molar-refractivity contribution >= 4 is 35.1 Å². The Morgan fingerprint density at radius 2 is 2.04 bits per heavy atom. The van der Waals surface area contributed by atoms with Crippen LogP contribution >= 0.6 is 23.4 Å². The lowest BCUT2D eigenvalue weighted by Gasteiger charge is -2.08. The molecule has 0 saturated heterocycles. The average molecular weight is 400 g/mol. The second kappa shape index (κ2) is 8.83. The zero-order valence-electron chi connectivity index (χ0n) is 14.7. The number of halogens is 1. The van der Waals surface area contributed by atoms with Crippen molar-refractivity contribution in [1.82, 2.24) is 19.7 Å². The Bertz CT molecular complexity index is 938. The highest BCUT2D eigenvalue weighted by atomic mass is 35.5. The number of hydrogen-bond acceptors (Lipinski definition) is 5. The molecule has 0 unspecified atom stereocenters. The van der Waals surface area contributed by atoms with Gasteiger partial charge in [0, 0.05) is 18.3 Å². The maximum absolute atomic E-state index is 12.2. The highest BCUT2D eigenvalue weighted by molar-refractivity contribution is 7.99. The Kier molecular flexibility index (Phi) is 6.26. The lowest BCUT2D eigenvalue weighted by molar-refractivity contribution is -0.113. The van der Waals surface area contributed by atoms with Crippen molar-refractivity contribution in [3.63, 3.8) is 0 Å². The van der Waals surface area contributed by atoms with Gasteiger partial charge in [-0.05, 0) is 19.1 Å². The molecule has 3 aromatic rings. The summed E-state index contributed by atoms with van der Waals surface area (Å²) in [5.41, 5.74) is 2.15. The van der Waals surface area contributed by atoms with E-state index in [1.165, 1.54) is 23.5 Å². The third kappa shape index (κ3) is 4.96. The summed E-state index contributed by atoms with van der Waals surface area (Å²) in [4.78, 5) is 16.2. The van der Waals surface area contributed by atoms with Gasteiger partial charge in [-0.1, -0.05) is 59.3 Å². The first-order valence-electron chi connectivity index (χ1n) is 8.22. The fourth-order valence-electron chi connectivity index (χ4n) is 2.36. The molecule has 8 heteroatoms. The summed E-state index contributed by atoms with van der Waals surface area (Å²) >= 11 is 7.10. The van der Waals surface area contributed by atoms with Gasteiger partial charge in [-0.2, -0.15) is 0 Å². The number of carbonyl (C=O) groups is 1. The smallest absolute Gasteiger partial charge is 0.236 e. The number of hydrogen-bond donors (Lipinski definition) is 1. The number of nitrogens with one attached hydrogen (secondary N) is 1. The van der Waals surface area contributed by atoms with Crippen molar-refractivity contribution in [2.45, 2.75) is 18.6 Å². The maximum atomic E-state index is 12.2. The first kappa shape index (κ1) is 19.1. The molecule has 1 aromatic carbocycles. The topological polar surface area (TPSA) is 72.7 Å². The van der Waals surface area contributed by atoms with E-state index in [1.54, 1.807) is 18.2 Å².